The highest BCUT2D eigenvalue weighted by atomic mass is 16.5. The molecule has 2 aromatic carbocycles. The Morgan fingerprint density at radius 3 is 2.14 bits per heavy atom. The van der Waals surface area contributed by atoms with Gasteiger partial charge in [0.05, 0.1) is 29.9 Å². The van der Waals surface area contributed by atoms with Crippen LogP contribution in [0.3, 0.4) is 0 Å². The maximum absolute atomic E-state index is 5.87. The van der Waals surface area contributed by atoms with E-state index >= 15 is 0 Å². The van der Waals surface area contributed by atoms with Gasteiger partial charge in [-0.3, -0.25) is 9.97 Å². The van der Waals surface area contributed by atoms with Gasteiger partial charge in [-0.2, -0.15) is 0 Å². The van der Waals surface area contributed by atoms with Crippen LogP contribution in [-0.2, 0) is 4.74 Å². The minimum absolute atomic E-state index is 0.350. The second-order valence-electron chi connectivity index (χ2n) is 8.75. The van der Waals surface area contributed by atoms with Gasteiger partial charge in [0.2, 0.25) is 0 Å². The van der Waals surface area contributed by atoms with Crippen molar-refractivity contribution in [3.05, 3.63) is 85.2 Å². The van der Waals surface area contributed by atoms with Crippen LogP contribution in [0.2, 0.25) is 0 Å². The summed E-state index contributed by atoms with van der Waals surface area (Å²) in [6.07, 6.45) is 17.2. The lowest BCUT2D eigenvalue weighted by Gasteiger charge is -2.12. The molecule has 0 aliphatic heterocycles. The van der Waals surface area contributed by atoms with E-state index < -0.39 is 0 Å². The third-order valence-corrected chi connectivity index (χ3v) is 5.82. The van der Waals surface area contributed by atoms with Crippen molar-refractivity contribution in [1.82, 2.24) is 9.97 Å². The van der Waals surface area contributed by atoms with E-state index in [0.29, 0.717) is 12.7 Å². The molecule has 0 aliphatic carbocycles. The van der Waals surface area contributed by atoms with Crippen LogP contribution in [0, 0.1) is 0 Å². The number of benzene rings is 2. The van der Waals surface area contributed by atoms with Crippen molar-refractivity contribution in [2.45, 2.75) is 58.5 Å². The summed E-state index contributed by atoms with van der Waals surface area (Å²) in [5, 5.41) is 0. The van der Waals surface area contributed by atoms with Gasteiger partial charge in [-0.05, 0) is 62.4 Å². The van der Waals surface area contributed by atoms with Gasteiger partial charge < -0.3 is 9.47 Å². The van der Waals surface area contributed by atoms with Crippen LogP contribution in [0.4, 0.5) is 0 Å². The van der Waals surface area contributed by atoms with Crippen molar-refractivity contribution in [2.24, 2.45) is 0 Å². The summed E-state index contributed by atoms with van der Waals surface area (Å²) in [5.41, 5.74) is 4.96. The second kappa shape index (κ2) is 14.9. The number of allylic oxidation sites excluding steroid dienone is 1. The highest BCUT2D eigenvalue weighted by molar-refractivity contribution is 5.64. The Labute approximate surface area is 210 Å². The summed E-state index contributed by atoms with van der Waals surface area (Å²) in [6, 6.07) is 16.3. The molecule has 184 valence electrons. The predicted octanol–water partition coefficient (Wildman–Crippen LogP) is 8.15. The maximum atomic E-state index is 5.87. The summed E-state index contributed by atoms with van der Waals surface area (Å²) in [4.78, 5) is 9.23. The van der Waals surface area contributed by atoms with Crippen molar-refractivity contribution in [3.63, 3.8) is 0 Å². The number of aromatic nitrogens is 2. The lowest BCUT2D eigenvalue weighted by Crippen LogP contribution is -2.08. The number of ether oxygens (including phenoxy) is 2. The molecule has 0 fully saturated rings. The highest BCUT2D eigenvalue weighted by Crippen LogP contribution is 2.23. The first-order valence-corrected chi connectivity index (χ1v) is 12.7. The van der Waals surface area contributed by atoms with Crippen LogP contribution < -0.4 is 4.74 Å². The van der Waals surface area contributed by atoms with E-state index in [1.165, 1.54) is 24.8 Å². The lowest BCUT2D eigenvalue weighted by atomic mass is 10.1. The van der Waals surface area contributed by atoms with E-state index in [4.69, 9.17) is 9.47 Å². The first-order valence-electron chi connectivity index (χ1n) is 12.7. The molecule has 0 saturated heterocycles. The Bertz CT molecular complexity index is 1030. The minimum atomic E-state index is 0.350. The quantitative estimate of drug-likeness (QED) is 0.166. The zero-order valence-electron chi connectivity index (χ0n) is 21.2. The molecule has 0 saturated carbocycles. The second-order valence-corrected chi connectivity index (χ2v) is 8.75. The third kappa shape index (κ3) is 9.14. The van der Waals surface area contributed by atoms with E-state index in [1.54, 1.807) is 6.08 Å². The Morgan fingerprint density at radius 2 is 1.54 bits per heavy atom. The molecular weight excluding hydrogens is 432 g/mol. The fourth-order valence-corrected chi connectivity index (χ4v) is 3.73. The van der Waals surface area contributed by atoms with Crippen LogP contribution in [0.1, 0.15) is 57.9 Å². The number of nitrogens with zero attached hydrogens (tertiary/aromatic N) is 2. The molecule has 3 aromatic rings. The average molecular weight is 471 g/mol. The average Bonchev–Trinajstić information content (AvgIpc) is 2.90. The monoisotopic (exact) mass is 470 g/mol. The summed E-state index contributed by atoms with van der Waals surface area (Å²) < 4.78 is 11.4. The van der Waals surface area contributed by atoms with Gasteiger partial charge in [0.1, 0.15) is 12.4 Å². The van der Waals surface area contributed by atoms with E-state index in [1.807, 2.05) is 36.7 Å². The molecule has 0 N–H and O–H groups in total. The topological polar surface area (TPSA) is 44.2 Å². The fraction of sp³-hybridized carbons (Fsp3) is 0.355. The smallest absolute Gasteiger partial charge is 0.119 e. The molecule has 0 radical (unpaired) electrons. The van der Waals surface area contributed by atoms with Crippen molar-refractivity contribution < 1.29 is 9.47 Å². The molecule has 4 nitrogen and oxygen atoms in total. The molecule has 1 heterocycles. The van der Waals surface area contributed by atoms with Gasteiger partial charge in [-0.1, -0.05) is 68.8 Å². The molecule has 0 aliphatic rings. The Balaban J connectivity index is 1.45. The molecular formula is C31H38N2O2. The van der Waals surface area contributed by atoms with Gasteiger partial charge in [-0.15, -0.1) is 0 Å². The number of hydrogen-bond donors (Lipinski definition) is 0. The molecule has 0 bridgehead atoms. The Morgan fingerprint density at radius 1 is 0.886 bits per heavy atom. The first-order chi connectivity index (χ1) is 17.2. The number of hydrogen-bond acceptors (Lipinski definition) is 4. The van der Waals surface area contributed by atoms with Crippen LogP contribution in [-0.4, -0.2) is 29.3 Å². The standard InChI is InChI=1S/C31H38N2O2/c1-4-6-10-22-34-25(3)11-8-7-9-12-26-13-15-27(16-14-26)30-23-33-31(24-32-30)28-17-19-29(20-18-28)35-21-5-2/h5,9,12-20,23-25H,2,4,6-8,10-11,21-22H2,1,3H3/b12-9+. The van der Waals surface area contributed by atoms with E-state index in [0.717, 1.165) is 54.1 Å². The Hall–Kier alpha value is -3.24. The SMILES string of the molecule is C=CCOc1ccc(-c2cnc(-c3ccc(/C=C/CCCC(C)OCCCCC)cc3)cn2)cc1. The van der Waals surface area contributed by atoms with Gasteiger partial charge in [-0.25, -0.2) is 0 Å². The molecule has 1 unspecified atom stereocenters. The third-order valence-electron chi connectivity index (χ3n) is 5.82. The van der Waals surface area contributed by atoms with Crippen LogP contribution in [0.25, 0.3) is 28.6 Å². The van der Waals surface area contributed by atoms with Crippen molar-refractivity contribution in [1.29, 1.82) is 0 Å². The van der Waals surface area contributed by atoms with E-state index in [9.17, 15) is 0 Å². The van der Waals surface area contributed by atoms with Gasteiger partial charge in [0.25, 0.3) is 0 Å². The van der Waals surface area contributed by atoms with Gasteiger partial charge in [0.15, 0.2) is 0 Å². The van der Waals surface area contributed by atoms with E-state index in [-0.39, 0.29) is 0 Å². The summed E-state index contributed by atoms with van der Waals surface area (Å²) in [6.45, 7) is 9.45. The normalized spacial score (nSPS) is 12.1. The molecule has 0 spiro atoms. The molecule has 4 heteroatoms. The molecule has 1 atom stereocenters. The van der Waals surface area contributed by atoms with Crippen LogP contribution in [0.15, 0.2) is 79.7 Å². The molecule has 1 aromatic heterocycles. The van der Waals surface area contributed by atoms with Gasteiger partial charge >= 0.3 is 0 Å². The predicted molar refractivity (Wildman–Crippen MR) is 146 cm³/mol. The van der Waals surface area contributed by atoms with Crippen molar-refractivity contribution >= 4 is 6.08 Å². The van der Waals surface area contributed by atoms with Crippen LogP contribution in [0.5, 0.6) is 5.75 Å². The van der Waals surface area contributed by atoms with Crippen LogP contribution >= 0.6 is 0 Å². The van der Waals surface area contributed by atoms with E-state index in [2.05, 4.69) is 66.8 Å². The number of rotatable bonds is 15. The largest absolute Gasteiger partial charge is 0.490 e. The Kier molecular flexibility index (Phi) is 11.2. The van der Waals surface area contributed by atoms with Crippen molar-refractivity contribution in [2.75, 3.05) is 13.2 Å². The first kappa shape index (κ1) is 26.4. The maximum Gasteiger partial charge on any atom is 0.119 e. The summed E-state index contributed by atoms with van der Waals surface area (Å²) >= 11 is 0. The lowest BCUT2D eigenvalue weighted by molar-refractivity contribution is 0.0566. The molecule has 0 amide bonds. The molecule has 3 rings (SSSR count). The summed E-state index contributed by atoms with van der Waals surface area (Å²) in [7, 11) is 0. The number of unbranched alkanes of at least 4 members (excludes halogenated alkanes) is 3. The van der Waals surface area contributed by atoms with Crippen molar-refractivity contribution in [3.8, 4) is 28.3 Å². The molecule has 35 heavy (non-hydrogen) atoms. The van der Waals surface area contributed by atoms with Gasteiger partial charge in [0, 0.05) is 17.7 Å². The highest BCUT2D eigenvalue weighted by Gasteiger charge is 2.04. The minimum Gasteiger partial charge on any atom is -0.490 e. The zero-order chi connectivity index (χ0) is 24.7. The summed E-state index contributed by atoms with van der Waals surface area (Å²) in [5.74, 6) is 0.814. The fourth-order valence-electron chi connectivity index (χ4n) is 3.73. The zero-order valence-corrected chi connectivity index (χ0v) is 21.2.